The molecule has 5 nitrogen and oxygen atoms in total. The highest BCUT2D eigenvalue weighted by Crippen LogP contribution is 2.21. The van der Waals surface area contributed by atoms with Gasteiger partial charge in [0, 0.05) is 17.6 Å². The summed E-state index contributed by atoms with van der Waals surface area (Å²) in [6.07, 6.45) is 4.24. The first-order valence-corrected chi connectivity index (χ1v) is 6.70. The summed E-state index contributed by atoms with van der Waals surface area (Å²) in [6.45, 7) is 2.42. The zero-order valence-electron chi connectivity index (χ0n) is 11.1. The van der Waals surface area contributed by atoms with Crippen LogP contribution in [0.4, 0.5) is 5.69 Å². The Balaban J connectivity index is 1.69. The lowest BCUT2D eigenvalue weighted by Crippen LogP contribution is -2.12. The Morgan fingerprint density at radius 1 is 1.50 bits per heavy atom. The number of benzene rings is 1. The fourth-order valence-corrected chi connectivity index (χ4v) is 1.96. The van der Waals surface area contributed by atoms with Crippen molar-refractivity contribution in [2.45, 2.75) is 19.8 Å². The van der Waals surface area contributed by atoms with Crippen molar-refractivity contribution >= 4 is 23.2 Å². The predicted octanol–water partition coefficient (Wildman–Crippen LogP) is 3.17. The van der Waals surface area contributed by atoms with Gasteiger partial charge in [0.25, 0.3) is 0 Å². The molecule has 1 aromatic carbocycles. The number of aromatic nitrogens is 2. The molecule has 0 aliphatic rings. The Kier molecular flexibility index (Phi) is 5.01. The Morgan fingerprint density at radius 3 is 3.05 bits per heavy atom. The van der Waals surface area contributed by atoms with Crippen LogP contribution in [0.5, 0.6) is 5.75 Å². The first-order valence-electron chi connectivity index (χ1n) is 6.33. The zero-order chi connectivity index (χ0) is 14.4. The number of anilines is 1. The summed E-state index contributed by atoms with van der Waals surface area (Å²) in [5.74, 6) is 0.743. The predicted molar refractivity (Wildman–Crippen MR) is 78.1 cm³/mol. The molecular weight excluding hydrogens is 278 g/mol. The molecule has 106 valence electrons. The minimum Gasteiger partial charge on any atom is -0.493 e. The topological polar surface area (TPSA) is 67.0 Å². The molecule has 1 aromatic heterocycles. The van der Waals surface area contributed by atoms with Gasteiger partial charge in [-0.2, -0.15) is 5.10 Å². The van der Waals surface area contributed by atoms with Crippen molar-refractivity contribution in [3.05, 3.63) is 41.2 Å². The number of nitrogens with one attached hydrogen (secondary N) is 2. The Bertz CT molecular complexity index is 570. The molecule has 0 aliphatic heterocycles. The Labute approximate surface area is 122 Å². The lowest BCUT2D eigenvalue weighted by Gasteiger charge is -2.09. The monoisotopic (exact) mass is 293 g/mol. The largest absolute Gasteiger partial charge is 0.493 e. The third-order valence-electron chi connectivity index (χ3n) is 2.72. The molecule has 0 atom stereocenters. The highest BCUT2D eigenvalue weighted by atomic mass is 35.5. The summed E-state index contributed by atoms with van der Waals surface area (Å²) in [5, 5.41) is 9.81. The second kappa shape index (κ2) is 6.96. The Hall–Kier alpha value is -2.01. The molecule has 0 unspecified atom stereocenters. The molecular formula is C14H16ClN3O2. The molecule has 0 saturated heterocycles. The highest BCUT2D eigenvalue weighted by molar-refractivity contribution is 6.30. The highest BCUT2D eigenvalue weighted by Gasteiger charge is 2.04. The molecule has 0 fully saturated rings. The number of amides is 1. The van der Waals surface area contributed by atoms with Gasteiger partial charge in [-0.1, -0.05) is 11.6 Å². The maximum absolute atomic E-state index is 11.6. The number of nitrogens with zero attached hydrogens (tertiary/aromatic N) is 1. The van der Waals surface area contributed by atoms with Crippen LogP contribution >= 0.6 is 11.6 Å². The van der Waals surface area contributed by atoms with Crippen LogP contribution in [0.25, 0.3) is 0 Å². The van der Waals surface area contributed by atoms with Gasteiger partial charge in [-0.3, -0.25) is 9.89 Å². The smallest absolute Gasteiger partial charge is 0.224 e. The van der Waals surface area contributed by atoms with E-state index in [9.17, 15) is 4.79 Å². The van der Waals surface area contributed by atoms with Gasteiger partial charge in [0.2, 0.25) is 5.91 Å². The lowest BCUT2D eigenvalue weighted by atomic mass is 10.2. The standard InChI is InChI=1S/C14H16ClN3O2/c1-10-7-11(15)4-5-13(10)20-6-2-3-14(19)18-12-8-16-17-9-12/h4-5,7-9H,2-3,6H2,1H3,(H,16,17)(H,18,19). The van der Waals surface area contributed by atoms with E-state index in [0.717, 1.165) is 11.3 Å². The van der Waals surface area contributed by atoms with Crippen LogP contribution in [0.3, 0.4) is 0 Å². The van der Waals surface area contributed by atoms with Crippen LogP contribution in [0, 0.1) is 6.92 Å². The molecule has 2 rings (SSSR count). The summed E-state index contributed by atoms with van der Waals surface area (Å²) < 4.78 is 5.62. The van der Waals surface area contributed by atoms with E-state index in [4.69, 9.17) is 16.3 Å². The number of hydrogen-bond donors (Lipinski definition) is 2. The number of carbonyl (C=O) groups excluding carboxylic acids is 1. The summed E-state index contributed by atoms with van der Waals surface area (Å²) in [5.41, 5.74) is 1.66. The molecule has 0 saturated carbocycles. The number of aryl methyl sites for hydroxylation is 1. The average molecular weight is 294 g/mol. The van der Waals surface area contributed by atoms with Gasteiger partial charge in [0.1, 0.15) is 5.75 Å². The average Bonchev–Trinajstić information content (AvgIpc) is 2.89. The van der Waals surface area contributed by atoms with Crippen molar-refractivity contribution in [3.8, 4) is 5.75 Å². The number of carbonyl (C=O) groups is 1. The van der Waals surface area contributed by atoms with Crippen molar-refractivity contribution in [2.75, 3.05) is 11.9 Å². The number of rotatable bonds is 6. The minimum atomic E-state index is -0.0529. The van der Waals surface area contributed by atoms with Crippen molar-refractivity contribution in [2.24, 2.45) is 0 Å². The van der Waals surface area contributed by atoms with Gasteiger partial charge in [-0.15, -0.1) is 0 Å². The maximum Gasteiger partial charge on any atom is 0.224 e. The first-order chi connectivity index (χ1) is 9.65. The SMILES string of the molecule is Cc1cc(Cl)ccc1OCCCC(=O)Nc1cn[nH]c1. The van der Waals surface area contributed by atoms with E-state index in [0.29, 0.717) is 30.2 Å². The molecule has 0 radical (unpaired) electrons. The van der Waals surface area contributed by atoms with Gasteiger partial charge in [-0.05, 0) is 37.1 Å². The van der Waals surface area contributed by atoms with Crippen LogP contribution in [0.15, 0.2) is 30.6 Å². The molecule has 0 aliphatic carbocycles. The molecule has 1 heterocycles. The number of H-pyrrole nitrogens is 1. The van der Waals surface area contributed by atoms with E-state index in [-0.39, 0.29) is 5.91 Å². The van der Waals surface area contributed by atoms with Crippen molar-refractivity contribution in [1.82, 2.24) is 10.2 Å². The molecule has 2 N–H and O–H groups in total. The van der Waals surface area contributed by atoms with E-state index in [2.05, 4.69) is 15.5 Å². The van der Waals surface area contributed by atoms with Gasteiger partial charge in [-0.25, -0.2) is 0 Å². The second-order valence-corrected chi connectivity index (χ2v) is 4.83. The van der Waals surface area contributed by atoms with Crippen molar-refractivity contribution < 1.29 is 9.53 Å². The second-order valence-electron chi connectivity index (χ2n) is 4.40. The van der Waals surface area contributed by atoms with Crippen molar-refractivity contribution in [1.29, 1.82) is 0 Å². The zero-order valence-corrected chi connectivity index (χ0v) is 11.9. The molecule has 1 amide bonds. The minimum absolute atomic E-state index is 0.0529. The van der Waals surface area contributed by atoms with Crippen LogP contribution in [-0.4, -0.2) is 22.7 Å². The van der Waals surface area contributed by atoms with Crippen LogP contribution in [-0.2, 0) is 4.79 Å². The normalized spacial score (nSPS) is 10.3. The molecule has 0 spiro atoms. The summed E-state index contributed by atoms with van der Waals surface area (Å²) in [7, 11) is 0. The van der Waals surface area contributed by atoms with Crippen LogP contribution in [0.1, 0.15) is 18.4 Å². The third-order valence-corrected chi connectivity index (χ3v) is 2.96. The third kappa shape index (κ3) is 4.28. The van der Waals surface area contributed by atoms with E-state index in [1.165, 1.54) is 0 Å². The van der Waals surface area contributed by atoms with Crippen LogP contribution < -0.4 is 10.1 Å². The van der Waals surface area contributed by atoms with Gasteiger partial charge < -0.3 is 10.1 Å². The lowest BCUT2D eigenvalue weighted by molar-refractivity contribution is -0.116. The summed E-state index contributed by atoms with van der Waals surface area (Å²) in [4.78, 5) is 11.6. The first kappa shape index (κ1) is 14.4. The van der Waals surface area contributed by atoms with Crippen LogP contribution in [0.2, 0.25) is 5.02 Å². The number of hydrogen-bond acceptors (Lipinski definition) is 3. The fraction of sp³-hybridized carbons (Fsp3) is 0.286. The van der Waals surface area contributed by atoms with E-state index < -0.39 is 0 Å². The molecule has 0 bridgehead atoms. The summed E-state index contributed by atoms with van der Waals surface area (Å²) in [6, 6.07) is 5.47. The summed E-state index contributed by atoms with van der Waals surface area (Å²) >= 11 is 5.87. The van der Waals surface area contributed by atoms with Crippen molar-refractivity contribution in [3.63, 3.8) is 0 Å². The van der Waals surface area contributed by atoms with E-state index >= 15 is 0 Å². The number of aromatic amines is 1. The number of ether oxygens (including phenoxy) is 1. The maximum atomic E-state index is 11.6. The Morgan fingerprint density at radius 2 is 2.35 bits per heavy atom. The molecule has 20 heavy (non-hydrogen) atoms. The van der Waals surface area contributed by atoms with Gasteiger partial charge in [0.05, 0.1) is 18.5 Å². The number of halogens is 1. The quantitative estimate of drug-likeness (QED) is 0.804. The van der Waals surface area contributed by atoms with Gasteiger partial charge in [0.15, 0.2) is 0 Å². The molecule has 6 heteroatoms. The van der Waals surface area contributed by atoms with E-state index in [1.807, 2.05) is 19.1 Å². The van der Waals surface area contributed by atoms with E-state index in [1.54, 1.807) is 18.5 Å². The fourth-order valence-electron chi connectivity index (χ4n) is 1.73. The molecule has 2 aromatic rings. The van der Waals surface area contributed by atoms with Gasteiger partial charge >= 0.3 is 0 Å².